The largest absolute Gasteiger partial charge is 0.465 e. The number of hydrogen-bond donors (Lipinski definition) is 0. The first-order valence-electron chi connectivity index (χ1n) is 6.76. The molecule has 0 N–H and O–H groups in total. The van der Waals surface area contributed by atoms with Crippen molar-refractivity contribution in [2.75, 3.05) is 6.61 Å². The lowest BCUT2D eigenvalue weighted by Crippen LogP contribution is -2.25. The van der Waals surface area contributed by atoms with Crippen molar-refractivity contribution in [2.24, 2.45) is 5.41 Å². The summed E-state index contributed by atoms with van der Waals surface area (Å²) in [6, 6.07) is 2.23. The predicted octanol–water partition coefficient (Wildman–Crippen LogP) is 2.87. The molecule has 100 valence electrons. The molecule has 0 radical (unpaired) electrons. The van der Waals surface area contributed by atoms with Crippen molar-refractivity contribution in [2.45, 2.75) is 53.5 Å². The number of fused-ring (bicyclic) bond motifs is 1. The Kier molecular flexibility index (Phi) is 3.51. The van der Waals surface area contributed by atoms with Gasteiger partial charge in [-0.15, -0.1) is 0 Å². The van der Waals surface area contributed by atoms with Crippen molar-refractivity contribution in [3.8, 4) is 0 Å². The van der Waals surface area contributed by atoms with E-state index in [1.807, 2.05) is 6.92 Å². The Morgan fingerprint density at radius 1 is 1.50 bits per heavy atom. The van der Waals surface area contributed by atoms with E-state index in [9.17, 15) is 4.79 Å². The fraction of sp³-hybridized carbons (Fsp3) is 0.667. The summed E-state index contributed by atoms with van der Waals surface area (Å²) in [5.41, 5.74) is 4.25. The Labute approximate surface area is 109 Å². The third kappa shape index (κ3) is 2.60. The molecule has 0 spiro atoms. The minimum absolute atomic E-state index is 0.137. The number of carbonyl (C=O) groups excluding carboxylic acids is 1. The summed E-state index contributed by atoms with van der Waals surface area (Å²) >= 11 is 0. The zero-order chi connectivity index (χ0) is 13.3. The normalized spacial score (nSPS) is 17.3. The molecular formula is C15H23NO2. The van der Waals surface area contributed by atoms with E-state index in [4.69, 9.17) is 4.74 Å². The van der Waals surface area contributed by atoms with Gasteiger partial charge >= 0.3 is 5.97 Å². The van der Waals surface area contributed by atoms with E-state index < -0.39 is 0 Å². The molecule has 18 heavy (non-hydrogen) atoms. The quantitative estimate of drug-likeness (QED) is 0.771. The topological polar surface area (TPSA) is 31.2 Å². The van der Waals surface area contributed by atoms with E-state index in [1.165, 1.54) is 23.4 Å². The average molecular weight is 249 g/mol. The molecule has 0 atom stereocenters. The third-order valence-corrected chi connectivity index (χ3v) is 3.82. The van der Waals surface area contributed by atoms with Gasteiger partial charge in [-0.2, -0.15) is 0 Å². The third-order valence-electron chi connectivity index (χ3n) is 3.82. The summed E-state index contributed by atoms with van der Waals surface area (Å²) in [5.74, 6) is -0.137. The minimum Gasteiger partial charge on any atom is -0.465 e. The van der Waals surface area contributed by atoms with E-state index in [-0.39, 0.29) is 5.97 Å². The first-order valence-corrected chi connectivity index (χ1v) is 6.76. The van der Waals surface area contributed by atoms with Crippen LogP contribution in [0.25, 0.3) is 0 Å². The zero-order valence-corrected chi connectivity index (χ0v) is 11.9. The van der Waals surface area contributed by atoms with Crippen LogP contribution in [0.4, 0.5) is 0 Å². The summed E-state index contributed by atoms with van der Waals surface area (Å²) in [5, 5.41) is 0. The van der Waals surface area contributed by atoms with Crippen molar-refractivity contribution in [1.82, 2.24) is 4.57 Å². The van der Waals surface area contributed by atoms with Crippen molar-refractivity contribution in [3.05, 3.63) is 23.0 Å². The molecule has 0 saturated carbocycles. The van der Waals surface area contributed by atoms with Crippen LogP contribution in [0.3, 0.4) is 0 Å². The molecule has 1 heterocycles. The van der Waals surface area contributed by atoms with Crippen LogP contribution in [0.2, 0.25) is 0 Å². The van der Waals surface area contributed by atoms with E-state index in [1.54, 1.807) is 0 Å². The van der Waals surface area contributed by atoms with Gasteiger partial charge in [-0.3, -0.25) is 4.79 Å². The van der Waals surface area contributed by atoms with Crippen LogP contribution >= 0.6 is 0 Å². The molecule has 1 aromatic rings. The zero-order valence-electron chi connectivity index (χ0n) is 11.9. The molecule has 3 heteroatoms. The Balaban J connectivity index is 2.26. The Morgan fingerprint density at radius 2 is 2.22 bits per heavy atom. The van der Waals surface area contributed by atoms with Crippen LogP contribution in [0.15, 0.2) is 6.07 Å². The second-order valence-corrected chi connectivity index (χ2v) is 5.99. The van der Waals surface area contributed by atoms with Crippen LogP contribution in [0.5, 0.6) is 0 Å². The number of aryl methyl sites for hydroxylation is 2. The molecule has 1 aliphatic rings. The van der Waals surface area contributed by atoms with Gasteiger partial charge in [0.2, 0.25) is 0 Å². The van der Waals surface area contributed by atoms with Gasteiger partial charge in [0, 0.05) is 11.4 Å². The average Bonchev–Trinajstić information content (AvgIpc) is 2.55. The number of esters is 1. The highest BCUT2D eigenvalue weighted by Gasteiger charge is 2.28. The summed E-state index contributed by atoms with van der Waals surface area (Å²) in [4.78, 5) is 11.7. The predicted molar refractivity (Wildman–Crippen MR) is 71.6 cm³/mol. The Morgan fingerprint density at radius 3 is 2.89 bits per heavy atom. The maximum absolute atomic E-state index is 11.7. The fourth-order valence-corrected chi connectivity index (χ4v) is 2.80. The number of nitrogens with zero attached hydrogens (tertiary/aromatic N) is 1. The molecule has 0 fully saturated rings. The Bertz CT molecular complexity index is 457. The number of aromatic nitrogens is 1. The van der Waals surface area contributed by atoms with Gasteiger partial charge in [0.05, 0.1) is 6.61 Å². The first kappa shape index (κ1) is 13.2. The summed E-state index contributed by atoms with van der Waals surface area (Å²) < 4.78 is 7.19. The van der Waals surface area contributed by atoms with Crippen molar-refractivity contribution < 1.29 is 9.53 Å². The molecule has 1 aliphatic carbocycles. The SMILES string of the molecule is CCOC(=O)Cn1c(C)cc2c1CC(C)(C)CC2. The smallest absolute Gasteiger partial charge is 0.325 e. The molecule has 0 aliphatic heterocycles. The van der Waals surface area contributed by atoms with Gasteiger partial charge in [0.25, 0.3) is 0 Å². The second-order valence-electron chi connectivity index (χ2n) is 5.99. The lowest BCUT2D eigenvalue weighted by molar-refractivity contribution is -0.143. The highest BCUT2D eigenvalue weighted by molar-refractivity contribution is 5.69. The van der Waals surface area contributed by atoms with Crippen LogP contribution in [0.1, 0.15) is 44.1 Å². The lowest BCUT2D eigenvalue weighted by atomic mass is 9.77. The Hall–Kier alpha value is -1.25. The van der Waals surface area contributed by atoms with Gasteiger partial charge in [0.15, 0.2) is 0 Å². The number of carbonyl (C=O) groups is 1. The fourth-order valence-electron chi connectivity index (χ4n) is 2.80. The highest BCUT2D eigenvalue weighted by atomic mass is 16.5. The first-order chi connectivity index (χ1) is 8.43. The standard InChI is InChI=1S/C15H23NO2/c1-5-18-14(17)10-16-11(2)8-12-6-7-15(3,4)9-13(12)16/h8H,5-7,9-10H2,1-4H3. The highest BCUT2D eigenvalue weighted by Crippen LogP contribution is 2.36. The number of ether oxygens (including phenoxy) is 1. The number of rotatable bonds is 3. The van der Waals surface area contributed by atoms with E-state index in [0.29, 0.717) is 18.6 Å². The van der Waals surface area contributed by atoms with Crippen molar-refractivity contribution >= 4 is 5.97 Å². The molecule has 0 unspecified atom stereocenters. The van der Waals surface area contributed by atoms with Gasteiger partial charge in [0.1, 0.15) is 6.54 Å². The van der Waals surface area contributed by atoms with Crippen LogP contribution in [-0.4, -0.2) is 17.1 Å². The van der Waals surface area contributed by atoms with Crippen LogP contribution in [0, 0.1) is 12.3 Å². The van der Waals surface area contributed by atoms with Gasteiger partial charge in [-0.25, -0.2) is 0 Å². The molecule has 0 amide bonds. The molecular weight excluding hydrogens is 226 g/mol. The second kappa shape index (κ2) is 4.79. The van der Waals surface area contributed by atoms with Crippen molar-refractivity contribution in [1.29, 1.82) is 0 Å². The van der Waals surface area contributed by atoms with Crippen LogP contribution < -0.4 is 0 Å². The maximum Gasteiger partial charge on any atom is 0.325 e. The van der Waals surface area contributed by atoms with Gasteiger partial charge in [-0.1, -0.05) is 13.8 Å². The molecule has 1 aromatic heterocycles. The molecule has 0 aromatic carbocycles. The van der Waals surface area contributed by atoms with Crippen molar-refractivity contribution in [3.63, 3.8) is 0 Å². The van der Waals surface area contributed by atoms with Gasteiger partial charge in [-0.05, 0) is 50.2 Å². The van der Waals surface area contributed by atoms with E-state index in [2.05, 4.69) is 31.4 Å². The van der Waals surface area contributed by atoms with E-state index >= 15 is 0 Å². The lowest BCUT2D eigenvalue weighted by Gasteiger charge is -2.30. The molecule has 0 saturated heterocycles. The maximum atomic E-state index is 11.7. The minimum atomic E-state index is -0.137. The molecule has 0 bridgehead atoms. The monoisotopic (exact) mass is 249 g/mol. The van der Waals surface area contributed by atoms with Crippen LogP contribution in [-0.2, 0) is 28.9 Å². The summed E-state index contributed by atoms with van der Waals surface area (Å²) in [7, 11) is 0. The van der Waals surface area contributed by atoms with Gasteiger partial charge < -0.3 is 9.30 Å². The van der Waals surface area contributed by atoms with E-state index in [0.717, 1.165) is 12.8 Å². The summed E-state index contributed by atoms with van der Waals surface area (Å²) in [6.45, 7) is 9.32. The molecule has 3 nitrogen and oxygen atoms in total. The molecule has 2 rings (SSSR count). The summed E-state index contributed by atoms with van der Waals surface area (Å²) in [6.07, 6.45) is 3.40. The number of hydrogen-bond acceptors (Lipinski definition) is 2.